The van der Waals surface area contributed by atoms with Gasteiger partial charge in [0, 0.05) is 49.4 Å². The van der Waals surface area contributed by atoms with Crippen LogP contribution in [0.2, 0.25) is 0 Å². The molecule has 1 saturated carbocycles. The fourth-order valence-electron chi connectivity index (χ4n) is 9.53. The van der Waals surface area contributed by atoms with Gasteiger partial charge in [-0.25, -0.2) is 0 Å². The summed E-state index contributed by atoms with van der Waals surface area (Å²) >= 11 is 0. The number of ketones is 3. The van der Waals surface area contributed by atoms with Crippen LogP contribution in [0.4, 0.5) is 0 Å². The molecule has 2 bridgehead atoms. The van der Waals surface area contributed by atoms with Gasteiger partial charge in [-0.1, -0.05) is 57.8 Å². The molecule has 9 heteroatoms. The first kappa shape index (κ1) is 40.6. The quantitative estimate of drug-likeness (QED) is 0.225. The van der Waals surface area contributed by atoms with Crippen molar-refractivity contribution in [1.82, 2.24) is 0 Å². The number of Topliss-reactive ketones (excluding diaryl/α,β-unsaturated/α-hetero) is 3. The number of allylic oxidation sites excluding steroid dienone is 3. The largest absolute Gasteiger partial charge is 0.469 e. The average Bonchev–Trinajstić information content (AvgIpc) is 3.01. The lowest BCUT2D eigenvalue weighted by Gasteiger charge is -2.50. The standard InChI is InChI=1S/C41H64O9/c1-23(2)28-20-31(42)26(5)12-10-11-24(3)18-32(43)29-19-27(6)37-30(41(29,22-33(28)44)38(46)49-9)17-25(4)13-14-35-39(7,47)16-15-36(50-35)40(8,48)21-34(37)45/h17,23-24,26,28-30,34-36,45,47-48H,10-16,18-22H2,1-9H3/t24-,26+,28-,29+,30-,34+,35-,36+,39+,40+,41+/m0/s1. The molecule has 3 N–H and O–H groups in total. The van der Waals surface area contributed by atoms with E-state index in [1.165, 1.54) is 7.11 Å². The minimum Gasteiger partial charge on any atom is -0.469 e. The third kappa shape index (κ3) is 8.37. The first-order valence-electron chi connectivity index (χ1n) is 19.1. The summed E-state index contributed by atoms with van der Waals surface area (Å²) in [6.07, 6.45) is 3.55. The van der Waals surface area contributed by atoms with Crippen molar-refractivity contribution in [3.8, 4) is 0 Å². The zero-order chi connectivity index (χ0) is 37.3. The summed E-state index contributed by atoms with van der Waals surface area (Å²) in [5.41, 5.74) is -2.13. The summed E-state index contributed by atoms with van der Waals surface area (Å²) in [6, 6.07) is 0. The highest BCUT2D eigenvalue weighted by molar-refractivity contribution is 5.97. The fourth-order valence-corrected chi connectivity index (χ4v) is 9.53. The van der Waals surface area contributed by atoms with Gasteiger partial charge in [-0.3, -0.25) is 19.2 Å². The van der Waals surface area contributed by atoms with E-state index in [0.29, 0.717) is 37.7 Å². The normalized spacial score (nSPS) is 41.6. The van der Waals surface area contributed by atoms with Crippen molar-refractivity contribution in [1.29, 1.82) is 0 Å². The van der Waals surface area contributed by atoms with Crippen molar-refractivity contribution in [2.24, 2.45) is 40.9 Å². The smallest absolute Gasteiger partial charge is 0.313 e. The van der Waals surface area contributed by atoms with E-state index < -0.39 is 58.7 Å². The fraction of sp³-hybridized carbons (Fsp3) is 0.805. The lowest BCUT2D eigenvalue weighted by atomic mass is 9.52. The topological polar surface area (TPSA) is 147 Å². The van der Waals surface area contributed by atoms with E-state index >= 15 is 0 Å². The molecular formula is C41H64O9. The number of aliphatic hydroxyl groups excluding tert-OH is 1. The molecular weight excluding hydrogens is 636 g/mol. The molecule has 50 heavy (non-hydrogen) atoms. The predicted octanol–water partition coefficient (Wildman–Crippen LogP) is 6.25. The minimum atomic E-state index is -1.68. The van der Waals surface area contributed by atoms with Gasteiger partial charge in [0.25, 0.3) is 0 Å². The molecule has 2 fully saturated rings. The van der Waals surface area contributed by atoms with Crippen LogP contribution in [0.3, 0.4) is 0 Å². The molecule has 2 heterocycles. The van der Waals surface area contributed by atoms with Crippen LogP contribution in [0.15, 0.2) is 22.8 Å². The molecule has 2 aliphatic carbocycles. The Morgan fingerprint density at radius 2 is 1.58 bits per heavy atom. The monoisotopic (exact) mass is 700 g/mol. The molecule has 0 radical (unpaired) electrons. The summed E-state index contributed by atoms with van der Waals surface area (Å²) < 4.78 is 11.9. The highest BCUT2D eigenvalue weighted by atomic mass is 16.5. The molecule has 0 spiro atoms. The second kappa shape index (κ2) is 15.8. The van der Waals surface area contributed by atoms with E-state index in [9.17, 15) is 34.5 Å². The van der Waals surface area contributed by atoms with Gasteiger partial charge in [-0.15, -0.1) is 0 Å². The molecule has 0 unspecified atom stereocenters. The summed E-state index contributed by atoms with van der Waals surface area (Å²) in [7, 11) is 1.28. The molecule has 2 aliphatic heterocycles. The Balaban J connectivity index is 1.98. The zero-order valence-corrected chi connectivity index (χ0v) is 32.0. The first-order valence-corrected chi connectivity index (χ1v) is 19.1. The van der Waals surface area contributed by atoms with Crippen molar-refractivity contribution >= 4 is 23.3 Å². The summed E-state index contributed by atoms with van der Waals surface area (Å²) in [5.74, 6) is -3.84. The molecule has 11 atom stereocenters. The van der Waals surface area contributed by atoms with Crippen molar-refractivity contribution in [2.75, 3.05) is 7.11 Å². The van der Waals surface area contributed by atoms with Gasteiger partial charge in [0.05, 0.1) is 42.0 Å². The Morgan fingerprint density at radius 3 is 2.22 bits per heavy atom. The van der Waals surface area contributed by atoms with Gasteiger partial charge in [0.1, 0.15) is 17.3 Å². The highest BCUT2D eigenvalue weighted by Gasteiger charge is 2.60. The lowest BCUT2D eigenvalue weighted by Crippen LogP contribution is -2.57. The Morgan fingerprint density at radius 1 is 0.920 bits per heavy atom. The number of carbonyl (C=O) groups is 4. The Labute approximate surface area is 299 Å². The van der Waals surface area contributed by atoms with Crippen molar-refractivity contribution < 1.29 is 44.0 Å². The van der Waals surface area contributed by atoms with Crippen LogP contribution in [0, 0.1) is 40.9 Å². The van der Waals surface area contributed by atoms with E-state index in [4.69, 9.17) is 9.47 Å². The number of ether oxygens (including phenoxy) is 2. The molecule has 1 saturated heterocycles. The van der Waals surface area contributed by atoms with E-state index in [0.717, 1.165) is 24.0 Å². The Bertz CT molecular complexity index is 1360. The molecule has 9 nitrogen and oxygen atoms in total. The number of hydrogen-bond acceptors (Lipinski definition) is 9. The van der Waals surface area contributed by atoms with E-state index in [-0.39, 0.29) is 67.2 Å². The minimum absolute atomic E-state index is 0.00867. The number of rotatable bonds is 2. The van der Waals surface area contributed by atoms with Gasteiger partial charge in [-0.05, 0) is 83.6 Å². The SMILES string of the molecule is COC(=O)[C@]12CC(=O)[C@H](C(C)C)CC(=O)[C@H](C)CCC[C@H](C)CC(=O)[C@H]1CC(C)=C1[C@H](O)C[C@@](C)(O)[C@H]3CC[C@@](C)(O)[C@H](CCC(C)=C[C@@H]12)O3. The predicted molar refractivity (Wildman–Crippen MR) is 191 cm³/mol. The third-order valence-corrected chi connectivity index (χ3v) is 12.9. The van der Waals surface area contributed by atoms with Crippen molar-refractivity contribution in [3.63, 3.8) is 0 Å². The summed E-state index contributed by atoms with van der Waals surface area (Å²) in [5, 5.41) is 35.3. The third-order valence-electron chi connectivity index (χ3n) is 12.9. The maximum atomic E-state index is 14.7. The van der Waals surface area contributed by atoms with Gasteiger partial charge in [-0.2, -0.15) is 0 Å². The van der Waals surface area contributed by atoms with Crippen LogP contribution in [-0.4, -0.2) is 75.3 Å². The molecule has 0 aromatic rings. The van der Waals surface area contributed by atoms with Gasteiger partial charge in [0.15, 0.2) is 0 Å². The first-order chi connectivity index (χ1) is 23.2. The number of aliphatic hydroxyl groups is 3. The number of methoxy groups -OCH3 is 1. The van der Waals surface area contributed by atoms with Gasteiger partial charge in [0.2, 0.25) is 0 Å². The summed E-state index contributed by atoms with van der Waals surface area (Å²) in [4.78, 5) is 57.4. The van der Waals surface area contributed by atoms with Crippen LogP contribution in [0.25, 0.3) is 0 Å². The second-order valence-corrected chi connectivity index (χ2v) is 17.4. The van der Waals surface area contributed by atoms with Gasteiger partial charge >= 0.3 is 5.97 Å². The van der Waals surface area contributed by atoms with Crippen LogP contribution < -0.4 is 0 Å². The zero-order valence-electron chi connectivity index (χ0n) is 32.0. The van der Waals surface area contributed by atoms with Crippen LogP contribution in [-0.2, 0) is 28.7 Å². The second-order valence-electron chi connectivity index (χ2n) is 17.4. The van der Waals surface area contributed by atoms with Crippen molar-refractivity contribution in [3.05, 3.63) is 22.8 Å². The van der Waals surface area contributed by atoms with E-state index in [1.807, 2.05) is 47.6 Å². The molecule has 0 aromatic carbocycles. The van der Waals surface area contributed by atoms with E-state index in [1.54, 1.807) is 13.8 Å². The summed E-state index contributed by atoms with van der Waals surface area (Å²) in [6.45, 7) is 14.9. The maximum absolute atomic E-state index is 14.7. The average molecular weight is 701 g/mol. The molecule has 0 aromatic heterocycles. The lowest BCUT2D eigenvalue weighted by molar-refractivity contribution is -0.219. The maximum Gasteiger partial charge on any atom is 0.313 e. The van der Waals surface area contributed by atoms with Crippen LogP contribution in [0.1, 0.15) is 132 Å². The Hall–Kier alpha value is -2.20. The molecule has 282 valence electrons. The highest BCUT2D eigenvalue weighted by Crippen LogP contribution is 2.56. The van der Waals surface area contributed by atoms with E-state index in [2.05, 4.69) is 0 Å². The van der Waals surface area contributed by atoms with Crippen molar-refractivity contribution in [2.45, 2.75) is 162 Å². The van der Waals surface area contributed by atoms with Gasteiger partial charge < -0.3 is 24.8 Å². The number of hydrogen-bond donors (Lipinski definition) is 3. The number of esters is 1. The Kier molecular flexibility index (Phi) is 12.8. The van der Waals surface area contributed by atoms with Crippen LogP contribution >= 0.6 is 0 Å². The molecule has 4 rings (SSSR count). The molecule has 0 amide bonds. The van der Waals surface area contributed by atoms with Crippen LogP contribution in [0.5, 0.6) is 0 Å². The molecule has 4 aliphatic rings. The number of fused-ring (bicyclic) bond motifs is 5. The number of carbonyl (C=O) groups excluding carboxylic acids is 4.